The first-order chi connectivity index (χ1) is 23.8. The molecule has 0 amide bonds. The van der Waals surface area contributed by atoms with Crippen LogP contribution < -0.4 is 0 Å². The van der Waals surface area contributed by atoms with Crippen LogP contribution >= 0.6 is 11.3 Å². The summed E-state index contributed by atoms with van der Waals surface area (Å²) >= 11 is 1.69. The Bertz CT molecular complexity index is 2640. The number of benzene rings is 6. The molecule has 0 spiro atoms. The first-order valence-corrected chi connectivity index (χ1v) is 18.6. The summed E-state index contributed by atoms with van der Waals surface area (Å²) in [6.45, 7) is 4.00. The van der Waals surface area contributed by atoms with Crippen molar-refractivity contribution in [3.8, 4) is 0 Å². The van der Waals surface area contributed by atoms with Gasteiger partial charge in [0.15, 0.2) is 0 Å². The van der Waals surface area contributed by atoms with E-state index in [0.717, 1.165) is 59.6 Å². The molecule has 7 heteroatoms. The van der Waals surface area contributed by atoms with Crippen molar-refractivity contribution in [1.82, 2.24) is 3.97 Å². The van der Waals surface area contributed by atoms with Crippen molar-refractivity contribution in [3.05, 3.63) is 160 Å². The minimum absolute atomic E-state index is 0.221. The van der Waals surface area contributed by atoms with Gasteiger partial charge in [0.25, 0.3) is 10.0 Å². The first kappa shape index (κ1) is 31.1. The molecule has 0 saturated carbocycles. The number of hydrogen-bond acceptors (Lipinski definition) is 5. The molecule has 0 N–H and O–H groups in total. The molecule has 0 aliphatic rings. The zero-order chi connectivity index (χ0) is 33.7. The number of esters is 1. The van der Waals surface area contributed by atoms with Crippen molar-refractivity contribution in [1.29, 1.82) is 0 Å². The fraction of sp³-hybridized carbons (Fsp3) is 0.119. The fourth-order valence-electron chi connectivity index (χ4n) is 6.93. The van der Waals surface area contributed by atoms with Gasteiger partial charge in [-0.3, -0.25) is 0 Å². The number of carbonyl (C=O) groups excluding carboxylic acids is 1. The molecule has 8 rings (SSSR count). The second-order valence-electron chi connectivity index (χ2n) is 12.4. The van der Waals surface area contributed by atoms with E-state index < -0.39 is 16.0 Å². The number of carbonyl (C=O) groups is 1. The van der Waals surface area contributed by atoms with Crippen LogP contribution in [0.3, 0.4) is 0 Å². The molecule has 0 unspecified atom stereocenters. The Morgan fingerprint density at radius 1 is 0.735 bits per heavy atom. The van der Waals surface area contributed by atoms with E-state index in [4.69, 9.17) is 4.74 Å². The molecule has 0 saturated heterocycles. The summed E-state index contributed by atoms with van der Waals surface area (Å²) in [5, 5.41) is 4.19. The lowest BCUT2D eigenvalue weighted by Crippen LogP contribution is -2.14. The van der Waals surface area contributed by atoms with Crippen LogP contribution in [0.2, 0.25) is 0 Å². The Kier molecular flexibility index (Phi) is 7.82. The number of para-hydroxylation sites is 1. The molecule has 0 aliphatic carbocycles. The average molecular weight is 680 g/mol. The van der Waals surface area contributed by atoms with Crippen molar-refractivity contribution in [3.63, 3.8) is 0 Å². The molecule has 2 aromatic heterocycles. The monoisotopic (exact) mass is 679 g/mol. The third kappa shape index (κ3) is 5.39. The lowest BCUT2D eigenvalue weighted by molar-refractivity contribution is 0.0529. The van der Waals surface area contributed by atoms with E-state index in [1.54, 1.807) is 23.5 Å². The van der Waals surface area contributed by atoms with Gasteiger partial charge in [-0.2, -0.15) is 0 Å². The molecular formula is C42H33NO4S2. The number of nitrogens with zero attached hydrogens (tertiary/aromatic N) is 1. The molecule has 8 aromatic rings. The van der Waals surface area contributed by atoms with E-state index in [1.165, 1.54) is 9.54 Å². The lowest BCUT2D eigenvalue weighted by atomic mass is 9.93. The third-order valence-corrected chi connectivity index (χ3v) is 12.0. The van der Waals surface area contributed by atoms with Crippen molar-refractivity contribution in [2.75, 3.05) is 6.61 Å². The van der Waals surface area contributed by atoms with Gasteiger partial charge in [-0.05, 0) is 84.1 Å². The number of rotatable bonds is 8. The highest BCUT2D eigenvalue weighted by molar-refractivity contribution is 7.90. The number of aromatic nitrogens is 1. The van der Waals surface area contributed by atoms with Gasteiger partial charge in [0.1, 0.15) is 0 Å². The van der Waals surface area contributed by atoms with E-state index in [-0.39, 0.29) is 11.5 Å². The smallest absolute Gasteiger partial charge is 0.338 e. The molecule has 5 nitrogen and oxygen atoms in total. The Morgan fingerprint density at radius 2 is 1.39 bits per heavy atom. The summed E-state index contributed by atoms with van der Waals surface area (Å²) in [6, 6.07) is 41.2. The number of thiophene rings is 1. The van der Waals surface area contributed by atoms with Crippen LogP contribution in [0.15, 0.2) is 132 Å². The standard InChI is InChI=1S/C42H33NO4S2/c1-3-47-42(44)36-26-31-24-32(23-29-14-8-5-9-15-29)48-41(31)39-35(36)25-30(22-28-12-6-4-7-13-28)40-38(39)34-16-10-11-17-37(34)43(40)49(45,46)33-20-18-27(2)19-21-33/h4-21,24-26H,3,22-23H2,1-2H3. The maximum atomic E-state index is 14.8. The van der Waals surface area contributed by atoms with Crippen molar-refractivity contribution >= 4 is 70.0 Å². The second-order valence-corrected chi connectivity index (χ2v) is 15.3. The third-order valence-electron chi connectivity index (χ3n) is 9.12. The van der Waals surface area contributed by atoms with Gasteiger partial charge >= 0.3 is 5.97 Å². The SMILES string of the molecule is CCOC(=O)c1cc2cc(Cc3ccccc3)sc2c2c1cc(Cc1ccccc1)c1c2c2ccccc2n1S(=O)(=O)c1ccc(C)cc1. The summed E-state index contributed by atoms with van der Waals surface area (Å²) in [4.78, 5) is 15.1. The summed E-state index contributed by atoms with van der Waals surface area (Å²) in [7, 11) is -4.04. The molecule has 0 atom stereocenters. The van der Waals surface area contributed by atoms with Crippen LogP contribution in [0.25, 0.3) is 42.7 Å². The van der Waals surface area contributed by atoms with Crippen LogP contribution in [0.5, 0.6) is 0 Å². The fourth-order valence-corrected chi connectivity index (χ4v) is 9.72. The number of aryl methyl sites for hydroxylation is 1. The molecule has 0 bridgehead atoms. The van der Waals surface area contributed by atoms with Crippen molar-refractivity contribution in [2.24, 2.45) is 0 Å². The van der Waals surface area contributed by atoms with Gasteiger partial charge in [-0.25, -0.2) is 17.2 Å². The van der Waals surface area contributed by atoms with Gasteiger partial charge in [0, 0.05) is 32.2 Å². The molecular weight excluding hydrogens is 647 g/mol. The average Bonchev–Trinajstić information content (AvgIpc) is 3.68. The van der Waals surface area contributed by atoms with E-state index >= 15 is 0 Å². The van der Waals surface area contributed by atoms with E-state index in [2.05, 4.69) is 18.2 Å². The molecule has 242 valence electrons. The van der Waals surface area contributed by atoms with Gasteiger partial charge in [0.05, 0.1) is 28.1 Å². The molecule has 0 aliphatic heterocycles. The predicted octanol–water partition coefficient (Wildman–Crippen LogP) is 10.1. The van der Waals surface area contributed by atoms with Crippen molar-refractivity contribution in [2.45, 2.75) is 31.6 Å². The zero-order valence-electron chi connectivity index (χ0n) is 27.1. The molecule has 0 radical (unpaired) electrons. The predicted molar refractivity (Wildman–Crippen MR) is 201 cm³/mol. The highest BCUT2D eigenvalue weighted by atomic mass is 32.2. The Labute approximate surface area is 289 Å². The van der Waals surface area contributed by atoms with E-state index in [9.17, 15) is 13.2 Å². The molecule has 2 heterocycles. The summed E-state index contributed by atoms with van der Waals surface area (Å²) in [5.41, 5.74) is 5.71. The maximum Gasteiger partial charge on any atom is 0.338 e. The Morgan fingerprint density at radius 3 is 2.08 bits per heavy atom. The van der Waals surface area contributed by atoms with E-state index in [0.29, 0.717) is 23.0 Å². The van der Waals surface area contributed by atoms with Gasteiger partial charge in [-0.1, -0.05) is 96.6 Å². The highest BCUT2D eigenvalue weighted by Crippen LogP contribution is 2.46. The van der Waals surface area contributed by atoms with Crippen molar-refractivity contribution < 1.29 is 17.9 Å². The highest BCUT2D eigenvalue weighted by Gasteiger charge is 2.29. The summed E-state index contributed by atoms with van der Waals surface area (Å²) in [5.74, 6) is -0.397. The zero-order valence-corrected chi connectivity index (χ0v) is 28.8. The molecule has 0 fully saturated rings. The minimum atomic E-state index is -4.04. The lowest BCUT2D eigenvalue weighted by Gasteiger charge is -2.16. The number of hydrogen-bond donors (Lipinski definition) is 0. The number of ether oxygens (including phenoxy) is 1. The Hall–Kier alpha value is -5.24. The van der Waals surface area contributed by atoms with Crippen LogP contribution in [0, 0.1) is 6.92 Å². The Balaban J connectivity index is 1.55. The van der Waals surface area contributed by atoms with Crippen LogP contribution in [0.1, 0.15) is 44.4 Å². The second kappa shape index (κ2) is 12.3. The van der Waals surface area contributed by atoms with Gasteiger partial charge < -0.3 is 4.74 Å². The normalized spacial score (nSPS) is 12.0. The minimum Gasteiger partial charge on any atom is -0.462 e. The first-order valence-electron chi connectivity index (χ1n) is 16.3. The van der Waals surface area contributed by atoms with Crippen LogP contribution in [0.4, 0.5) is 0 Å². The quantitative estimate of drug-likeness (QED) is 0.150. The van der Waals surface area contributed by atoms with E-state index in [1.807, 2.05) is 111 Å². The summed E-state index contributed by atoms with van der Waals surface area (Å²) < 4.78 is 37.8. The largest absolute Gasteiger partial charge is 0.462 e. The van der Waals surface area contributed by atoms with Crippen LogP contribution in [-0.2, 0) is 27.6 Å². The summed E-state index contributed by atoms with van der Waals surface area (Å²) in [6.07, 6.45) is 1.21. The maximum absolute atomic E-state index is 14.8. The topological polar surface area (TPSA) is 65.4 Å². The van der Waals surface area contributed by atoms with Gasteiger partial charge in [-0.15, -0.1) is 11.3 Å². The van der Waals surface area contributed by atoms with Crippen LogP contribution in [-0.4, -0.2) is 25.0 Å². The number of fused-ring (bicyclic) bond motifs is 7. The van der Waals surface area contributed by atoms with Gasteiger partial charge in [0.2, 0.25) is 0 Å². The molecule has 49 heavy (non-hydrogen) atoms. The molecule has 6 aromatic carbocycles.